The molecule has 90 valence electrons. The van der Waals surface area contributed by atoms with Crippen LogP contribution in [-0.4, -0.2) is 29.8 Å². The molecule has 1 amide bonds. The molecular formula is C12H13NO3S. The number of amides is 1. The number of hydrogen-bond acceptors (Lipinski definition) is 3. The Bertz CT molecular complexity index is 473. The Kier molecular flexibility index (Phi) is 3.38. The van der Waals surface area contributed by atoms with Crippen LogP contribution >= 0.6 is 11.8 Å². The zero-order valence-electron chi connectivity index (χ0n) is 9.47. The largest absolute Gasteiger partial charge is 0.474 e. The molecule has 1 N–H and O–H groups in total. The van der Waals surface area contributed by atoms with Gasteiger partial charge in [-0.15, -0.1) is 11.8 Å². The van der Waals surface area contributed by atoms with Crippen molar-refractivity contribution in [3.63, 3.8) is 0 Å². The molecule has 1 heterocycles. The molecule has 0 radical (unpaired) electrons. The third-order valence-corrected chi connectivity index (χ3v) is 3.97. The molecule has 0 bridgehead atoms. The minimum atomic E-state index is -1.43. The van der Waals surface area contributed by atoms with E-state index in [0.717, 1.165) is 18.6 Å². The topological polar surface area (TPSA) is 57.6 Å². The lowest BCUT2D eigenvalue weighted by Gasteiger charge is -2.20. The Balaban J connectivity index is 2.27. The maximum atomic E-state index is 11.3. The number of nitrogens with zero attached hydrogens (tertiary/aromatic N) is 1. The lowest BCUT2D eigenvalue weighted by molar-refractivity contribution is -0.148. The number of aliphatic carboxylic acids is 1. The standard InChI is InChI=1S/C12H13NO3S/c1-13(11(14)12(15)16)9-4-5-10-8(7-9)3-2-6-17-10/h4-5,7H,2-3,6H2,1H3,(H,15,16). The third-order valence-electron chi connectivity index (χ3n) is 2.77. The number of carboxylic acids is 1. The summed E-state index contributed by atoms with van der Waals surface area (Å²) in [7, 11) is 1.48. The van der Waals surface area contributed by atoms with Crippen molar-refractivity contribution in [2.45, 2.75) is 17.7 Å². The second-order valence-electron chi connectivity index (χ2n) is 3.91. The normalized spacial score (nSPS) is 13.9. The van der Waals surface area contributed by atoms with Crippen LogP contribution in [0.4, 0.5) is 5.69 Å². The number of likely N-dealkylation sites (N-methyl/N-ethyl adjacent to an activating group) is 1. The zero-order valence-corrected chi connectivity index (χ0v) is 10.3. The van der Waals surface area contributed by atoms with E-state index >= 15 is 0 Å². The number of fused-ring (bicyclic) bond motifs is 1. The molecule has 5 heteroatoms. The summed E-state index contributed by atoms with van der Waals surface area (Å²) in [5, 5.41) is 8.66. The van der Waals surface area contributed by atoms with Crippen LogP contribution in [0.5, 0.6) is 0 Å². The molecular weight excluding hydrogens is 238 g/mol. The van der Waals surface area contributed by atoms with E-state index in [0.29, 0.717) is 5.69 Å². The second-order valence-corrected chi connectivity index (χ2v) is 5.05. The summed E-state index contributed by atoms with van der Waals surface area (Å²) in [5.74, 6) is -1.22. The summed E-state index contributed by atoms with van der Waals surface area (Å²) in [4.78, 5) is 24.3. The van der Waals surface area contributed by atoms with Crippen LogP contribution in [0.1, 0.15) is 12.0 Å². The summed E-state index contributed by atoms with van der Waals surface area (Å²) >= 11 is 1.80. The number of thioether (sulfide) groups is 1. The van der Waals surface area contributed by atoms with Crippen LogP contribution in [0.15, 0.2) is 23.1 Å². The Morgan fingerprint density at radius 2 is 2.18 bits per heavy atom. The van der Waals surface area contributed by atoms with Gasteiger partial charge >= 0.3 is 11.9 Å². The number of hydrogen-bond donors (Lipinski definition) is 1. The van der Waals surface area contributed by atoms with Gasteiger partial charge in [0.05, 0.1) is 0 Å². The molecule has 0 fully saturated rings. The highest BCUT2D eigenvalue weighted by Crippen LogP contribution is 2.32. The van der Waals surface area contributed by atoms with Gasteiger partial charge in [-0.1, -0.05) is 0 Å². The molecule has 2 rings (SSSR count). The Hall–Kier alpha value is -1.49. The first kappa shape index (κ1) is 12.0. The lowest BCUT2D eigenvalue weighted by atomic mass is 10.1. The first-order valence-electron chi connectivity index (χ1n) is 5.36. The van der Waals surface area contributed by atoms with E-state index < -0.39 is 11.9 Å². The second kappa shape index (κ2) is 4.79. The fourth-order valence-electron chi connectivity index (χ4n) is 1.82. The Morgan fingerprint density at radius 1 is 1.41 bits per heavy atom. The molecule has 0 saturated carbocycles. The summed E-state index contributed by atoms with van der Waals surface area (Å²) in [6.45, 7) is 0. The van der Waals surface area contributed by atoms with Gasteiger partial charge in [0.15, 0.2) is 0 Å². The van der Waals surface area contributed by atoms with Crippen LogP contribution in [0, 0.1) is 0 Å². The monoisotopic (exact) mass is 251 g/mol. The van der Waals surface area contributed by atoms with E-state index in [1.54, 1.807) is 17.8 Å². The maximum absolute atomic E-state index is 11.3. The molecule has 0 saturated heterocycles. The summed E-state index contributed by atoms with van der Waals surface area (Å²) in [6.07, 6.45) is 2.11. The first-order valence-corrected chi connectivity index (χ1v) is 6.35. The van der Waals surface area contributed by atoms with E-state index in [1.807, 2.05) is 12.1 Å². The number of rotatable bonds is 1. The predicted octanol–water partition coefficient (Wildman–Crippen LogP) is 1.77. The van der Waals surface area contributed by atoms with Crippen molar-refractivity contribution >= 4 is 29.3 Å². The molecule has 0 unspecified atom stereocenters. The smallest absolute Gasteiger partial charge is 0.394 e. The summed E-state index contributed by atoms with van der Waals surface area (Å²) in [5.41, 5.74) is 1.84. The van der Waals surface area contributed by atoms with Gasteiger partial charge in [0, 0.05) is 17.6 Å². The highest BCUT2D eigenvalue weighted by Gasteiger charge is 2.20. The molecule has 1 aromatic rings. The molecule has 0 atom stereocenters. The van der Waals surface area contributed by atoms with Gasteiger partial charge in [-0.3, -0.25) is 4.79 Å². The average molecular weight is 251 g/mol. The van der Waals surface area contributed by atoms with E-state index in [9.17, 15) is 9.59 Å². The highest BCUT2D eigenvalue weighted by molar-refractivity contribution is 7.99. The molecule has 0 spiro atoms. The van der Waals surface area contributed by atoms with Crippen LogP contribution in [0.25, 0.3) is 0 Å². The first-order chi connectivity index (χ1) is 8.09. The van der Waals surface area contributed by atoms with Gasteiger partial charge in [-0.05, 0) is 42.4 Å². The quantitative estimate of drug-likeness (QED) is 0.773. The van der Waals surface area contributed by atoms with E-state index in [2.05, 4.69) is 0 Å². The minimum absolute atomic E-state index is 0.638. The number of carbonyl (C=O) groups excluding carboxylic acids is 1. The van der Waals surface area contributed by atoms with Crippen molar-refractivity contribution in [2.24, 2.45) is 0 Å². The lowest BCUT2D eigenvalue weighted by Crippen LogP contribution is -2.32. The van der Waals surface area contributed by atoms with Crippen molar-refractivity contribution in [3.05, 3.63) is 23.8 Å². The van der Waals surface area contributed by atoms with Crippen molar-refractivity contribution in [1.82, 2.24) is 0 Å². The van der Waals surface area contributed by atoms with Crippen molar-refractivity contribution < 1.29 is 14.7 Å². The molecule has 0 aromatic heterocycles. The maximum Gasteiger partial charge on any atom is 0.394 e. The molecule has 0 aliphatic carbocycles. The van der Waals surface area contributed by atoms with Crippen molar-refractivity contribution in [2.75, 3.05) is 17.7 Å². The average Bonchev–Trinajstić information content (AvgIpc) is 2.36. The number of benzene rings is 1. The molecule has 1 aromatic carbocycles. The van der Waals surface area contributed by atoms with Crippen LogP contribution < -0.4 is 4.90 Å². The summed E-state index contributed by atoms with van der Waals surface area (Å²) < 4.78 is 0. The number of carboxylic acid groups (broad SMARTS) is 1. The Morgan fingerprint density at radius 3 is 2.88 bits per heavy atom. The van der Waals surface area contributed by atoms with Crippen LogP contribution in [0.2, 0.25) is 0 Å². The van der Waals surface area contributed by atoms with Gasteiger partial charge in [-0.25, -0.2) is 4.79 Å². The molecule has 1 aliphatic heterocycles. The highest BCUT2D eigenvalue weighted by atomic mass is 32.2. The van der Waals surface area contributed by atoms with Gasteiger partial charge < -0.3 is 10.0 Å². The van der Waals surface area contributed by atoms with E-state index in [-0.39, 0.29) is 0 Å². The van der Waals surface area contributed by atoms with Crippen LogP contribution in [-0.2, 0) is 16.0 Å². The van der Waals surface area contributed by atoms with Crippen LogP contribution in [0.3, 0.4) is 0 Å². The predicted molar refractivity (Wildman–Crippen MR) is 66.5 cm³/mol. The third kappa shape index (κ3) is 2.44. The van der Waals surface area contributed by atoms with E-state index in [1.165, 1.54) is 22.4 Å². The number of carbonyl (C=O) groups is 2. The SMILES string of the molecule is CN(C(=O)C(=O)O)c1ccc2c(c1)CCCS2. The molecule has 4 nitrogen and oxygen atoms in total. The molecule has 17 heavy (non-hydrogen) atoms. The van der Waals surface area contributed by atoms with E-state index in [4.69, 9.17) is 5.11 Å². The summed E-state index contributed by atoms with van der Waals surface area (Å²) in [6, 6.07) is 5.65. The van der Waals surface area contributed by atoms with Gasteiger partial charge in [0.25, 0.3) is 0 Å². The van der Waals surface area contributed by atoms with Crippen molar-refractivity contribution in [3.8, 4) is 0 Å². The van der Waals surface area contributed by atoms with Gasteiger partial charge in [0.1, 0.15) is 0 Å². The van der Waals surface area contributed by atoms with Gasteiger partial charge in [0.2, 0.25) is 0 Å². The fraction of sp³-hybridized carbons (Fsp3) is 0.333. The number of aryl methyl sites for hydroxylation is 1. The zero-order chi connectivity index (χ0) is 12.4. The van der Waals surface area contributed by atoms with Crippen molar-refractivity contribution in [1.29, 1.82) is 0 Å². The fourth-order valence-corrected chi connectivity index (χ4v) is 2.84. The number of anilines is 1. The minimum Gasteiger partial charge on any atom is -0.474 e. The molecule has 1 aliphatic rings. The van der Waals surface area contributed by atoms with Gasteiger partial charge in [-0.2, -0.15) is 0 Å². The Labute approximate surface area is 104 Å².